The molecule has 6 nitrogen and oxygen atoms in total. The van der Waals surface area contributed by atoms with E-state index in [0.29, 0.717) is 26.8 Å². The molecule has 4 aromatic rings. The molecule has 0 bridgehead atoms. The summed E-state index contributed by atoms with van der Waals surface area (Å²) in [6, 6.07) is 18.8. The number of aromatic nitrogens is 3. The third-order valence-electron chi connectivity index (χ3n) is 5.24. The van der Waals surface area contributed by atoms with Crippen LogP contribution in [0.2, 0.25) is 10.0 Å². The number of hydrogen-bond acceptors (Lipinski definition) is 4. The van der Waals surface area contributed by atoms with Crippen LogP contribution in [-0.2, 0) is 11.2 Å². The van der Waals surface area contributed by atoms with Gasteiger partial charge in [-0.3, -0.25) is 10.1 Å². The summed E-state index contributed by atoms with van der Waals surface area (Å²) in [7, 11) is 0. The van der Waals surface area contributed by atoms with E-state index in [1.165, 1.54) is 18.1 Å². The first-order valence-corrected chi connectivity index (χ1v) is 12.3. The van der Waals surface area contributed by atoms with Gasteiger partial charge in [0.15, 0.2) is 5.11 Å². The number of hydrogen-bond donors (Lipinski definition) is 2. The number of carbonyl (C=O) groups excluding carboxylic acids is 1. The molecule has 0 aliphatic carbocycles. The summed E-state index contributed by atoms with van der Waals surface area (Å²) in [6.45, 7) is 2.18. The summed E-state index contributed by atoms with van der Waals surface area (Å²) in [5.41, 5.74) is 4.81. The highest BCUT2D eigenvalue weighted by Crippen LogP contribution is 2.27. The second kappa shape index (κ2) is 11.4. The third kappa shape index (κ3) is 6.66. The molecular formula is C26H23Cl2N5OS. The predicted octanol–water partition coefficient (Wildman–Crippen LogP) is 6.60. The molecule has 1 amide bonds. The molecule has 0 spiro atoms. The van der Waals surface area contributed by atoms with E-state index in [9.17, 15) is 4.79 Å². The predicted molar refractivity (Wildman–Crippen MR) is 147 cm³/mol. The Balaban J connectivity index is 1.42. The van der Waals surface area contributed by atoms with Gasteiger partial charge in [0.25, 0.3) is 0 Å². The van der Waals surface area contributed by atoms with Crippen LogP contribution in [0.5, 0.6) is 0 Å². The fourth-order valence-corrected chi connectivity index (χ4v) is 3.92. The molecule has 4 rings (SSSR count). The Bertz CT molecular complexity index is 1380. The van der Waals surface area contributed by atoms with E-state index in [4.69, 9.17) is 35.4 Å². The number of rotatable bonds is 7. The van der Waals surface area contributed by atoms with Crippen molar-refractivity contribution in [3.05, 3.63) is 87.9 Å². The van der Waals surface area contributed by atoms with Crippen molar-refractivity contribution in [1.29, 1.82) is 0 Å². The SMILES string of the molecule is CCCCc1ccc(-n2nc3cc(Cl)c(NC(=S)NC(=O)/C=C/c4ccc(Cl)cc4)cc3n2)cc1. The lowest BCUT2D eigenvalue weighted by atomic mass is 10.1. The van der Waals surface area contributed by atoms with Gasteiger partial charge in [-0.25, -0.2) is 0 Å². The lowest BCUT2D eigenvalue weighted by molar-refractivity contribution is -0.115. The third-order valence-corrected chi connectivity index (χ3v) is 6.01. The minimum Gasteiger partial charge on any atom is -0.331 e. The molecule has 0 fully saturated rings. The zero-order valence-electron chi connectivity index (χ0n) is 19.0. The van der Waals surface area contributed by atoms with Crippen LogP contribution in [0.3, 0.4) is 0 Å². The number of unbranched alkanes of at least 4 members (excludes halogenated alkanes) is 1. The van der Waals surface area contributed by atoms with E-state index in [0.717, 1.165) is 24.1 Å². The fraction of sp³-hybridized carbons (Fsp3) is 0.154. The highest BCUT2D eigenvalue weighted by atomic mass is 35.5. The number of aryl methyl sites for hydroxylation is 1. The van der Waals surface area contributed by atoms with Crippen molar-refractivity contribution in [2.45, 2.75) is 26.2 Å². The van der Waals surface area contributed by atoms with Gasteiger partial charge >= 0.3 is 0 Å². The maximum absolute atomic E-state index is 12.2. The van der Waals surface area contributed by atoms with Gasteiger partial charge in [0.05, 0.1) is 16.4 Å². The van der Waals surface area contributed by atoms with Gasteiger partial charge in [-0.1, -0.05) is 60.8 Å². The maximum Gasteiger partial charge on any atom is 0.250 e. The van der Waals surface area contributed by atoms with Crippen LogP contribution in [0.15, 0.2) is 66.7 Å². The topological polar surface area (TPSA) is 71.8 Å². The van der Waals surface area contributed by atoms with Crippen molar-refractivity contribution in [2.75, 3.05) is 5.32 Å². The molecule has 2 N–H and O–H groups in total. The van der Waals surface area contributed by atoms with Gasteiger partial charge in [-0.05, 0) is 78.7 Å². The molecule has 0 unspecified atom stereocenters. The van der Waals surface area contributed by atoms with Gasteiger partial charge < -0.3 is 5.32 Å². The Kier molecular flexibility index (Phi) is 8.13. The van der Waals surface area contributed by atoms with Gasteiger partial charge in [0.1, 0.15) is 11.0 Å². The van der Waals surface area contributed by atoms with Crippen molar-refractivity contribution < 1.29 is 4.79 Å². The minimum absolute atomic E-state index is 0.118. The van der Waals surface area contributed by atoms with Crippen LogP contribution in [-0.4, -0.2) is 26.0 Å². The maximum atomic E-state index is 12.2. The molecule has 35 heavy (non-hydrogen) atoms. The second-order valence-electron chi connectivity index (χ2n) is 7.91. The fourth-order valence-electron chi connectivity index (χ4n) is 3.38. The largest absolute Gasteiger partial charge is 0.331 e. The van der Waals surface area contributed by atoms with E-state index in [-0.39, 0.29) is 11.0 Å². The summed E-state index contributed by atoms with van der Waals surface area (Å²) >= 11 is 17.6. The molecule has 3 aromatic carbocycles. The zero-order chi connectivity index (χ0) is 24.8. The number of anilines is 1. The first-order chi connectivity index (χ1) is 16.9. The molecular weight excluding hydrogens is 501 g/mol. The van der Waals surface area contributed by atoms with E-state index in [1.54, 1.807) is 35.1 Å². The van der Waals surface area contributed by atoms with E-state index in [1.807, 2.05) is 24.3 Å². The normalized spacial score (nSPS) is 11.2. The lowest BCUT2D eigenvalue weighted by Crippen LogP contribution is -2.32. The van der Waals surface area contributed by atoms with Gasteiger partial charge in [-0.15, -0.1) is 10.2 Å². The summed E-state index contributed by atoms with van der Waals surface area (Å²) in [5, 5.41) is 15.8. The average molecular weight is 524 g/mol. The Hall–Kier alpha value is -3.26. The van der Waals surface area contributed by atoms with E-state index in [2.05, 4.69) is 39.9 Å². The van der Waals surface area contributed by atoms with Gasteiger partial charge in [0, 0.05) is 11.1 Å². The van der Waals surface area contributed by atoms with Crippen molar-refractivity contribution >= 4 is 69.2 Å². The molecule has 0 aliphatic heterocycles. The van der Waals surface area contributed by atoms with Crippen LogP contribution in [0.25, 0.3) is 22.8 Å². The summed E-state index contributed by atoms with van der Waals surface area (Å²) in [5.74, 6) is -0.372. The number of halogens is 2. The molecule has 1 aromatic heterocycles. The van der Waals surface area contributed by atoms with Gasteiger partial charge in [0.2, 0.25) is 5.91 Å². The lowest BCUT2D eigenvalue weighted by Gasteiger charge is -2.09. The van der Waals surface area contributed by atoms with Crippen LogP contribution in [0.4, 0.5) is 5.69 Å². The van der Waals surface area contributed by atoms with Gasteiger partial charge in [-0.2, -0.15) is 4.80 Å². The molecule has 178 valence electrons. The molecule has 0 atom stereocenters. The van der Waals surface area contributed by atoms with Crippen molar-refractivity contribution in [3.8, 4) is 5.69 Å². The first-order valence-electron chi connectivity index (χ1n) is 11.1. The van der Waals surface area contributed by atoms with E-state index < -0.39 is 0 Å². The average Bonchev–Trinajstić information content (AvgIpc) is 3.25. The standard InChI is InChI=1S/C26H23Cl2N5OS/c1-2-3-4-17-7-12-20(13-8-17)33-31-23-15-21(28)22(16-24(23)32-33)29-26(35)30-25(34)14-9-18-5-10-19(27)11-6-18/h5-16H,2-4H2,1H3,(H2,29,30,34,35)/b14-9+. The minimum atomic E-state index is -0.372. The summed E-state index contributed by atoms with van der Waals surface area (Å²) < 4.78 is 0. The highest BCUT2D eigenvalue weighted by molar-refractivity contribution is 7.80. The quantitative estimate of drug-likeness (QED) is 0.211. The Labute approximate surface area is 218 Å². The first kappa shape index (κ1) is 24.9. The van der Waals surface area contributed by atoms with E-state index >= 15 is 0 Å². The molecule has 0 saturated carbocycles. The molecule has 1 heterocycles. The summed E-state index contributed by atoms with van der Waals surface area (Å²) in [6.07, 6.45) is 6.45. The van der Waals surface area contributed by atoms with Crippen molar-refractivity contribution in [1.82, 2.24) is 20.3 Å². The molecule has 0 radical (unpaired) electrons. The van der Waals surface area contributed by atoms with Crippen LogP contribution in [0.1, 0.15) is 30.9 Å². The van der Waals surface area contributed by atoms with Crippen molar-refractivity contribution in [3.63, 3.8) is 0 Å². The summed E-state index contributed by atoms with van der Waals surface area (Å²) in [4.78, 5) is 13.8. The Morgan fingerprint density at radius 1 is 1.03 bits per heavy atom. The number of thiocarbonyl (C=S) groups is 1. The number of fused-ring (bicyclic) bond motifs is 1. The van der Waals surface area contributed by atoms with Crippen molar-refractivity contribution in [2.24, 2.45) is 0 Å². The van der Waals surface area contributed by atoms with Crippen LogP contribution in [0, 0.1) is 0 Å². The number of nitrogens with one attached hydrogen (secondary N) is 2. The number of carbonyl (C=O) groups is 1. The molecule has 9 heteroatoms. The Morgan fingerprint density at radius 2 is 1.71 bits per heavy atom. The van der Waals surface area contributed by atoms with Crippen LogP contribution < -0.4 is 10.6 Å². The second-order valence-corrected chi connectivity index (χ2v) is 9.16. The number of benzene rings is 3. The number of amides is 1. The smallest absolute Gasteiger partial charge is 0.250 e. The molecule has 0 saturated heterocycles. The zero-order valence-corrected chi connectivity index (χ0v) is 21.3. The molecule has 0 aliphatic rings. The Morgan fingerprint density at radius 3 is 2.40 bits per heavy atom. The van der Waals surface area contributed by atoms with Crippen LogP contribution >= 0.6 is 35.4 Å². The number of nitrogens with zero attached hydrogens (tertiary/aromatic N) is 3. The monoisotopic (exact) mass is 523 g/mol. The highest BCUT2D eigenvalue weighted by Gasteiger charge is 2.11.